The van der Waals surface area contributed by atoms with Crippen LogP contribution in [0.1, 0.15) is 5.56 Å². The Morgan fingerprint density at radius 3 is 2.33 bits per heavy atom. The first kappa shape index (κ1) is 14.1. The Hall–Kier alpha value is -2.01. The van der Waals surface area contributed by atoms with Gasteiger partial charge < -0.3 is 19.3 Å². The Bertz CT molecular complexity index is 453. The summed E-state index contributed by atoms with van der Waals surface area (Å²) in [4.78, 5) is 11.2. The minimum absolute atomic E-state index is 0.239. The maximum atomic E-state index is 11.2. The third kappa shape index (κ3) is 2.81. The molecule has 0 saturated carbocycles. The SMILES string of the molecule is C=C(c1ccc(OC)c(OC)c1)C(O)C(=O)OC. The van der Waals surface area contributed by atoms with Crippen LogP contribution < -0.4 is 9.47 Å². The Labute approximate surface area is 106 Å². The van der Waals surface area contributed by atoms with Crippen molar-refractivity contribution in [1.82, 2.24) is 0 Å². The summed E-state index contributed by atoms with van der Waals surface area (Å²) in [5.41, 5.74) is 0.813. The van der Waals surface area contributed by atoms with E-state index in [0.717, 1.165) is 0 Å². The molecule has 0 aliphatic heterocycles. The van der Waals surface area contributed by atoms with Gasteiger partial charge in [-0.15, -0.1) is 0 Å². The second-order valence-electron chi connectivity index (χ2n) is 3.52. The maximum Gasteiger partial charge on any atom is 0.339 e. The number of esters is 1. The van der Waals surface area contributed by atoms with Gasteiger partial charge in [0.2, 0.25) is 0 Å². The molecule has 0 aliphatic rings. The number of hydrogen-bond donors (Lipinski definition) is 1. The van der Waals surface area contributed by atoms with Crippen LogP contribution in [0.4, 0.5) is 0 Å². The summed E-state index contributed by atoms with van der Waals surface area (Å²) in [6.45, 7) is 3.68. The molecule has 1 aromatic carbocycles. The maximum absolute atomic E-state index is 11.2. The van der Waals surface area contributed by atoms with Gasteiger partial charge in [0.1, 0.15) is 0 Å². The zero-order valence-corrected chi connectivity index (χ0v) is 10.6. The van der Waals surface area contributed by atoms with Crippen LogP contribution in [0, 0.1) is 0 Å². The second-order valence-corrected chi connectivity index (χ2v) is 3.52. The van der Waals surface area contributed by atoms with Gasteiger partial charge in [-0.1, -0.05) is 12.6 Å². The van der Waals surface area contributed by atoms with Gasteiger partial charge in [-0.3, -0.25) is 0 Å². The molecule has 0 radical (unpaired) electrons. The molecule has 0 saturated heterocycles. The lowest BCUT2D eigenvalue weighted by molar-refractivity contribution is -0.147. The number of aliphatic hydroxyl groups excluding tert-OH is 1. The van der Waals surface area contributed by atoms with Crippen LogP contribution in [0.3, 0.4) is 0 Å². The summed E-state index contributed by atoms with van der Waals surface area (Å²) in [5, 5.41) is 9.68. The lowest BCUT2D eigenvalue weighted by Gasteiger charge is -2.14. The first-order valence-corrected chi connectivity index (χ1v) is 5.22. The standard InChI is InChI=1S/C13H16O5/c1-8(12(14)13(15)18-4)9-5-6-10(16-2)11(7-9)17-3/h5-7,12,14H,1H2,2-4H3. The highest BCUT2D eigenvalue weighted by Crippen LogP contribution is 2.30. The van der Waals surface area contributed by atoms with Gasteiger partial charge in [-0.2, -0.15) is 0 Å². The van der Waals surface area contributed by atoms with E-state index in [1.54, 1.807) is 18.2 Å². The molecule has 0 heterocycles. The Morgan fingerprint density at radius 2 is 1.83 bits per heavy atom. The fourth-order valence-electron chi connectivity index (χ4n) is 1.45. The number of carbonyl (C=O) groups excluding carboxylic acids is 1. The average Bonchev–Trinajstić information content (AvgIpc) is 2.43. The predicted molar refractivity (Wildman–Crippen MR) is 66.6 cm³/mol. The van der Waals surface area contributed by atoms with Crippen LogP contribution >= 0.6 is 0 Å². The van der Waals surface area contributed by atoms with Crippen molar-refractivity contribution >= 4 is 11.5 Å². The van der Waals surface area contributed by atoms with Crippen LogP contribution in [0.25, 0.3) is 5.57 Å². The Balaban J connectivity index is 3.03. The van der Waals surface area contributed by atoms with Crippen LogP contribution in [0.5, 0.6) is 11.5 Å². The lowest BCUT2D eigenvalue weighted by Crippen LogP contribution is -2.22. The number of methoxy groups -OCH3 is 3. The van der Waals surface area contributed by atoms with Gasteiger partial charge in [-0.05, 0) is 23.3 Å². The van der Waals surface area contributed by atoms with E-state index < -0.39 is 12.1 Å². The van der Waals surface area contributed by atoms with Crippen LogP contribution in [-0.2, 0) is 9.53 Å². The highest BCUT2D eigenvalue weighted by atomic mass is 16.5. The molecule has 0 aromatic heterocycles. The van der Waals surface area contributed by atoms with Crippen molar-refractivity contribution < 1.29 is 24.1 Å². The molecule has 0 spiro atoms. The number of hydrogen-bond acceptors (Lipinski definition) is 5. The monoisotopic (exact) mass is 252 g/mol. The van der Waals surface area contributed by atoms with Crippen LogP contribution in [0.15, 0.2) is 24.8 Å². The number of ether oxygens (including phenoxy) is 3. The summed E-state index contributed by atoms with van der Waals surface area (Å²) in [6.07, 6.45) is -1.40. The highest BCUT2D eigenvalue weighted by Gasteiger charge is 2.21. The molecular formula is C13H16O5. The largest absolute Gasteiger partial charge is 0.493 e. The van der Waals surface area contributed by atoms with Crippen molar-refractivity contribution in [3.05, 3.63) is 30.3 Å². The summed E-state index contributed by atoms with van der Waals surface area (Å²) in [6, 6.07) is 4.98. The molecule has 98 valence electrons. The zero-order valence-electron chi connectivity index (χ0n) is 10.6. The smallest absolute Gasteiger partial charge is 0.339 e. The van der Waals surface area contributed by atoms with E-state index in [-0.39, 0.29) is 5.57 Å². The van der Waals surface area contributed by atoms with E-state index in [0.29, 0.717) is 17.1 Å². The minimum atomic E-state index is -1.40. The van der Waals surface area contributed by atoms with Gasteiger partial charge >= 0.3 is 5.97 Å². The van der Waals surface area contributed by atoms with E-state index in [4.69, 9.17) is 9.47 Å². The van der Waals surface area contributed by atoms with Gasteiger partial charge in [0, 0.05) is 0 Å². The van der Waals surface area contributed by atoms with Gasteiger partial charge in [-0.25, -0.2) is 4.79 Å². The fraction of sp³-hybridized carbons (Fsp3) is 0.308. The quantitative estimate of drug-likeness (QED) is 0.799. The van der Waals surface area contributed by atoms with Crippen molar-refractivity contribution in [2.75, 3.05) is 21.3 Å². The molecule has 0 fully saturated rings. The van der Waals surface area contributed by atoms with E-state index >= 15 is 0 Å². The van der Waals surface area contributed by atoms with Gasteiger partial charge in [0.15, 0.2) is 17.6 Å². The van der Waals surface area contributed by atoms with Crippen molar-refractivity contribution in [3.63, 3.8) is 0 Å². The van der Waals surface area contributed by atoms with Gasteiger partial charge in [0.05, 0.1) is 21.3 Å². The Morgan fingerprint density at radius 1 is 1.22 bits per heavy atom. The van der Waals surface area contributed by atoms with Crippen LogP contribution in [-0.4, -0.2) is 38.5 Å². The van der Waals surface area contributed by atoms with Crippen LogP contribution in [0.2, 0.25) is 0 Å². The molecule has 5 nitrogen and oxygen atoms in total. The lowest BCUT2D eigenvalue weighted by atomic mass is 10.0. The average molecular weight is 252 g/mol. The molecular weight excluding hydrogens is 236 g/mol. The molecule has 1 N–H and O–H groups in total. The topological polar surface area (TPSA) is 65.0 Å². The van der Waals surface area contributed by atoms with Crippen molar-refractivity contribution in [2.24, 2.45) is 0 Å². The summed E-state index contributed by atoms with van der Waals surface area (Å²) in [7, 11) is 4.23. The highest BCUT2D eigenvalue weighted by molar-refractivity contribution is 5.90. The van der Waals surface area contributed by atoms with E-state index in [9.17, 15) is 9.90 Å². The third-order valence-electron chi connectivity index (χ3n) is 2.51. The van der Waals surface area contributed by atoms with E-state index in [2.05, 4.69) is 11.3 Å². The fourth-order valence-corrected chi connectivity index (χ4v) is 1.45. The first-order chi connectivity index (χ1) is 8.54. The molecule has 0 aliphatic carbocycles. The summed E-state index contributed by atoms with van der Waals surface area (Å²) >= 11 is 0. The van der Waals surface area contributed by atoms with Crippen molar-refractivity contribution in [1.29, 1.82) is 0 Å². The summed E-state index contributed by atoms with van der Waals surface area (Å²) in [5.74, 6) is 0.296. The molecule has 18 heavy (non-hydrogen) atoms. The zero-order chi connectivity index (χ0) is 13.7. The first-order valence-electron chi connectivity index (χ1n) is 5.22. The number of aliphatic hydroxyl groups is 1. The predicted octanol–water partition coefficient (Wildman–Crippen LogP) is 1.25. The normalized spacial score (nSPS) is 11.6. The summed E-state index contributed by atoms with van der Waals surface area (Å²) < 4.78 is 14.7. The molecule has 1 aromatic rings. The molecule has 0 bridgehead atoms. The molecule has 1 atom stereocenters. The number of rotatable bonds is 5. The third-order valence-corrected chi connectivity index (χ3v) is 2.51. The molecule has 1 rings (SSSR count). The minimum Gasteiger partial charge on any atom is -0.493 e. The number of benzene rings is 1. The van der Waals surface area contributed by atoms with Gasteiger partial charge in [0.25, 0.3) is 0 Å². The molecule has 0 amide bonds. The molecule has 1 unspecified atom stereocenters. The van der Waals surface area contributed by atoms with E-state index in [1.165, 1.54) is 21.3 Å². The van der Waals surface area contributed by atoms with Crippen molar-refractivity contribution in [2.45, 2.75) is 6.10 Å². The van der Waals surface area contributed by atoms with Crippen molar-refractivity contribution in [3.8, 4) is 11.5 Å². The molecule has 5 heteroatoms. The Kier molecular flexibility index (Phi) is 4.74. The second kappa shape index (κ2) is 6.07. The number of carbonyl (C=O) groups is 1. The van der Waals surface area contributed by atoms with E-state index in [1.807, 2.05) is 0 Å².